The molecule has 250 valence electrons. The molecule has 0 radical (unpaired) electrons. The van der Waals surface area contributed by atoms with E-state index in [1.165, 1.54) is 0 Å². The molecule has 2 aliphatic heterocycles. The molecule has 0 amide bonds. The SMILES string of the molecule is Nc1nc2c(ncn2[C@@H]2O[C@H](CO)[C@@H](O)[C@H]2OP(=O)(O)OC[C@H]2O[C@@H](n3cnc4c(N)nc(F)nc43)[C@H](O)[C@@H]2O[PH](=O)O)c(=O)[nH]1. The molecule has 0 bridgehead atoms. The van der Waals surface area contributed by atoms with Gasteiger partial charge in [-0.25, -0.2) is 14.5 Å². The first-order valence-corrected chi connectivity index (χ1v) is 15.7. The minimum atomic E-state index is -5.22. The Balaban J connectivity index is 1.23. The van der Waals surface area contributed by atoms with Gasteiger partial charge in [-0.15, -0.1) is 0 Å². The van der Waals surface area contributed by atoms with Gasteiger partial charge in [0.2, 0.25) is 5.95 Å². The molecule has 6 heterocycles. The van der Waals surface area contributed by atoms with Crippen molar-refractivity contribution in [3.8, 4) is 0 Å². The van der Waals surface area contributed by atoms with E-state index in [1.54, 1.807) is 0 Å². The van der Waals surface area contributed by atoms with Crippen molar-refractivity contribution in [2.45, 2.75) is 49.1 Å². The van der Waals surface area contributed by atoms with Gasteiger partial charge in [-0.3, -0.25) is 32.5 Å². The van der Waals surface area contributed by atoms with Crippen LogP contribution in [0.1, 0.15) is 12.5 Å². The average molecular weight is 694 g/mol. The first-order chi connectivity index (χ1) is 21.8. The molecule has 2 saturated heterocycles. The maximum Gasteiger partial charge on any atom is 0.472 e. The molecule has 46 heavy (non-hydrogen) atoms. The van der Waals surface area contributed by atoms with Gasteiger partial charge in [-0.05, 0) is 0 Å². The second-order valence-electron chi connectivity index (χ2n) is 9.95. The molecule has 2 unspecified atom stereocenters. The summed E-state index contributed by atoms with van der Waals surface area (Å²) in [6, 6.07) is 0. The van der Waals surface area contributed by atoms with Gasteiger partial charge >= 0.3 is 22.2 Å². The molecule has 10 atom stereocenters. The van der Waals surface area contributed by atoms with Crippen molar-refractivity contribution >= 4 is 50.2 Å². The molecule has 0 aliphatic carbocycles. The lowest BCUT2D eigenvalue weighted by Crippen LogP contribution is -2.36. The smallest absolute Gasteiger partial charge is 0.394 e. The lowest BCUT2D eigenvalue weighted by molar-refractivity contribution is -0.0609. The van der Waals surface area contributed by atoms with Gasteiger partial charge in [0.25, 0.3) is 5.56 Å². The summed E-state index contributed by atoms with van der Waals surface area (Å²) in [7, 11) is -8.96. The first kappa shape index (κ1) is 32.4. The van der Waals surface area contributed by atoms with Crippen molar-refractivity contribution in [2.75, 3.05) is 24.7 Å². The molecule has 4 aromatic heterocycles. The summed E-state index contributed by atoms with van der Waals surface area (Å²) in [4.78, 5) is 53.3. The van der Waals surface area contributed by atoms with Gasteiger partial charge in [-0.2, -0.15) is 19.3 Å². The Hall–Kier alpha value is -3.51. The van der Waals surface area contributed by atoms with Crippen LogP contribution in [0.3, 0.4) is 0 Å². The molecule has 4 aromatic rings. The highest BCUT2D eigenvalue weighted by Crippen LogP contribution is 2.50. The molecule has 0 spiro atoms. The number of phosphoric ester groups is 1. The molecule has 2 fully saturated rings. The van der Waals surface area contributed by atoms with Crippen LogP contribution < -0.4 is 17.0 Å². The summed E-state index contributed by atoms with van der Waals surface area (Å²) >= 11 is 0. The van der Waals surface area contributed by atoms with Crippen LogP contribution in [0.5, 0.6) is 0 Å². The summed E-state index contributed by atoms with van der Waals surface area (Å²) in [5, 5.41) is 31.3. The number of aromatic nitrogens is 8. The number of aromatic amines is 1. The minimum Gasteiger partial charge on any atom is -0.394 e. The number of nitrogens with one attached hydrogen (secondary N) is 1. The number of H-pyrrole nitrogens is 1. The summed E-state index contributed by atoms with van der Waals surface area (Å²) in [5.41, 5.74) is 9.97. The third-order valence-corrected chi connectivity index (χ3v) is 8.57. The summed E-state index contributed by atoms with van der Waals surface area (Å²) in [6.07, 6.45) is -11.8. The van der Waals surface area contributed by atoms with Crippen molar-refractivity contribution in [2.24, 2.45) is 0 Å². The number of hydrogen-bond donors (Lipinski definition) is 8. The van der Waals surface area contributed by atoms with Gasteiger partial charge in [0.1, 0.15) is 36.6 Å². The Morgan fingerprint density at radius 3 is 2.37 bits per heavy atom. The number of aliphatic hydroxyl groups is 3. The second-order valence-corrected chi connectivity index (χ2v) is 12.1. The summed E-state index contributed by atoms with van der Waals surface area (Å²) in [5.74, 6) is -0.621. The van der Waals surface area contributed by atoms with E-state index < -0.39 is 90.0 Å². The number of imidazole rings is 2. The number of ether oxygens (including phenoxy) is 2. The second kappa shape index (κ2) is 12.3. The van der Waals surface area contributed by atoms with E-state index in [2.05, 4.69) is 29.9 Å². The first-order valence-electron chi connectivity index (χ1n) is 13.0. The molecule has 26 heteroatoms. The number of fused-ring (bicyclic) bond motifs is 2. The molecular formula is C20H25FN10O13P2. The van der Waals surface area contributed by atoms with E-state index in [0.29, 0.717) is 0 Å². The lowest BCUT2D eigenvalue weighted by Gasteiger charge is -2.25. The molecular weight excluding hydrogens is 669 g/mol. The van der Waals surface area contributed by atoms with Crippen LogP contribution in [-0.4, -0.2) is 114 Å². The fourth-order valence-corrected chi connectivity index (χ4v) is 6.59. The molecule has 2 aliphatic rings. The van der Waals surface area contributed by atoms with E-state index >= 15 is 0 Å². The standard InChI is InChI=1S/C20H25FN10O13P2/c21-19-26-13(22)7-14(27-19)30(3-24-7)17-10(34)11(43-45(36)37)6(42-17)2-40-46(38,39)44-12-9(33)5(1-32)41-18(12)31-4-25-8-15(31)28-20(23)29-16(8)35/h3-6,9-12,17-18,32-34,45H,1-2H2,(H,36,37)(H,38,39)(H2,22,26,27)(H3,23,28,29,35)/t5-,6-,9-,10-,11-,12-,17-,18-/m1/s1. The summed E-state index contributed by atoms with van der Waals surface area (Å²) in [6.45, 7) is -1.67. The van der Waals surface area contributed by atoms with Crippen LogP contribution in [0.15, 0.2) is 17.4 Å². The van der Waals surface area contributed by atoms with Gasteiger partial charge in [0, 0.05) is 0 Å². The number of aliphatic hydroxyl groups excluding tert-OH is 3. The van der Waals surface area contributed by atoms with E-state index in [0.717, 1.165) is 21.8 Å². The van der Waals surface area contributed by atoms with Crippen LogP contribution in [0.2, 0.25) is 0 Å². The fraction of sp³-hybridized carbons (Fsp3) is 0.500. The number of anilines is 2. The average Bonchev–Trinajstić information content (AvgIpc) is 3.73. The Kier molecular flexibility index (Phi) is 8.64. The zero-order valence-electron chi connectivity index (χ0n) is 22.8. The van der Waals surface area contributed by atoms with Gasteiger partial charge in [0.05, 0.1) is 25.9 Å². The van der Waals surface area contributed by atoms with Crippen molar-refractivity contribution in [1.29, 1.82) is 0 Å². The van der Waals surface area contributed by atoms with E-state index in [1.807, 2.05) is 0 Å². The normalized spacial score (nSPS) is 30.3. The number of nitrogen functional groups attached to an aromatic ring is 2. The van der Waals surface area contributed by atoms with Crippen molar-refractivity contribution in [1.82, 2.24) is 39.0 Å². The monoisotopic (exact) mass is 694 g/mol. The van der Waals surface area contributed by atoms with Crippen molar-refractivity contribution in [3.05, 3.63) is 29.1 Å². The molecule has 6 rings (SSSR count). The van der Waals surface area contributed by atoms with Crippen molar-refractivity contribution < 1.29 is 61.7 Å². The highest BCUT2D eigenvalue weighted by Gasteiger charge is 2.51. The van der Waals surface area contributed by atoms with E-state index in [-0.39, 0.29) is 34.1 Å². The Labute approximate surface area is 254 Å². The Bertz CT molecular complexity index is 1910. The van der Waals surface area contributed by atoms with Gasteiger partial charge in [0.15, 0.2) is 40.6 Å². The van der Waals surface area contributed by atoms with Crippen LogP contribution in [-0.2, 0) is 32.2 Å². The number of nitrogens with zero attached hydrogens (tertiary/aromatic N) is 7. The highest BCUT2D eigenvalue weighted by molar-refractivity contribution is 7.47. The zero-order chi connectivity index (χ0) is 33.1. The maximum atomic E-state index is 13.9. The molecule has 0 aromatic carbocycles. The van der Waals surface area contributed by atoms with Crippen LogP contribution >= 0.6 is 16.1 Å². The van der Waals surface area contributed by atoms with Crippen LogP contribution in [0, 0.1) is 6.08 Å². The number of rotatable bonds is 10. The zero-order valence-corrected chi connectivity index (χ0v) is 24.7. The summed E-state index contributed by atoms with van der Waals surface area (Å²) < 4.78 is 67.2. The van der Waals surface area contributed by atoms with E-state index in [9.17, 15) is 43.4 Å². The molecule has 10 N–H and O–H groups in total. The van der Waals surface area contributed by atoms with Gasteiger partial charge in [-0.1, -0.05) is 0 Å². The largest absolute Gasteiger partial charge is 0.472 e. The van der Waals surface area contributed by atoms with Crippen LogP contribution in [0.4, 0.5) is 16.2 Å². The molecule has 0 saturated carbocycles. The Morgan fingerprint density at radius 1 is 1.02 bits per heavy atom. The Morgan fingerprint density at radius 2 is 1.67 bits per heavy atom. The van der Waals surface area contributed by atoms with Crippen molar-refractivity contribution in [3.63, 3.8) is 0 Å². The number of nitrogens with two attached hydrogens (primary N) is 2. The van der Waals surface area contributed by atoms with Gasteiger partial charge < -0.3 is 50.6 Å². The quantitative estimate of drug-likeness (QED) is 0.0607. The maximum absolute atomic E-state index is 13.9. The number of hydrogen-bond acceptors (Lipinski definition) is 18. The fourth-order valence-electron chi connectivity index (χ4n) is 5.13. The number of phosphoric acid groups is 1. The highest BCUT2D eigenvalue weighted by atomic mass is 31.2. The predicted octanol–water partition coefficient (Wildman–Crippen LogP) is -2.96. The van der Waals surface area contributed by atoms with Crippen LogP contribution in [0.25, 0.3) is 22.3 Å². The minimum absolute atomic E-state index is 0.0559. The topological polar surface area (TPSA) is 341 Å². The molecule has 23 nitrogen and oxygen atoms in total. The number of halogens is 1. The predicted molar refractivity (Wildman–Crippen MR) is 146 cm³/mol. The van der Waals surface area contributed by atoms with E-state index in [4.69, 9.17) is 34.5 Å². The lowest BCUT2D eigenvalue weighted by atomic mass is 10.1. The third kappa shape index (κ3) is 5.90. The third-order valence-electron chi connectivity index (χ3n) is 7.12.